The largest absolute Gasteiger partial charge is 0.355 e. The molecule has 1 aliphatic heterocycles. The lowest BCUT2D eigenvalue weighted by atomic mass is 9.84. The van der Waals surface area contributed by atoms with Crippen LogP contribution in [0.15, 0.2) is 24.3 Å². The van der Waals surface area contributed by atoms with E-state index in [-0.39, 0.29) is 17.2 Å². The van der Waals surface area contributed by atoms with Gasteiger partial charge in [0.15, 0.2) is 0 Å². The topological polar surface area (TPSA) is 41.1 Å². The first-order chi connectivity index (χ1) is 8.99. The van der Waals surface area contributed by atoms with E-state index in [0.29, 0.717) is 6.54 Å². The van der Waals surface area contributed by atoms with Crippen molar-refractivity contribution in [1.82, 2.24) is 10.6 Å². The number of aryl methyl sites for hydroxylation is 1. The summed E-state index contributed by atoms with van der Waals surface area (Å²) in [5.74, 6) is 0.332. The molecule has 1 aliphatic rings. The summed E-state index contributed by atoms with van der Waals surface area (Å²) in [6.45, 7) is 8.91. The Labute approximate surface area is 115 Å². The molecule has 3 heteroatoms. The quantitative estimate of drug-likeness (QED) is 0.869. The molecule has 0 bridgehead atoms. The predicted octanol–water partition coefficient (Wildman–Crippen LogP) is 2.00. The number of hydrogen-bond donors (Lipinski definition) is 2. The maximum atomic E-state index is 12.0. The Kier molecular flexibility index (Phi) is 4.25. The van der Waals surface area contributed by atoms with Crippen molar-refractivity contribution in [2.75, 3.05) is 19.6 Å². The van der Waals surface area contributed by atoms with Crippen molar-refractivity contribution in [2.45, 2.75) is 32.6 Å². The van der Waals surface area contributed by atoms with Crippen molar-refractivity contribution in [3.63, 3.8) is 0 Å². The van der Waals surface area contributed by atoms with E-state index in [1.807, 2.05) is 0 Å². The van der Waals surface area contributed by atoms with Gasteiger partial charge in [0.05, 0.1) is 5.92 Å². The van der Waals surface area contributed by atoms with Crippen molar-refractivity contribution in [1.29, 1.82) is 0 Å². The molecule has 1 atom stereocenters. The van der Waals surface area contributed by atoms with Gasteiger partial charge < -0.3 is 10.6 Å². The first-order valence-electron chi connectivity index (χ1n) is 7.04. The molecule has 3 nitrogen and oxygen atoms in total. The average Bonchev–Trinajstić information content (AvgIpc) is 2.90. The number of carbonyl (C=O) groups is 1. The van der Waals surface area contributed by atoms with Gasteiger partial charge in [-0.25, -0.2) is 0 Å². The van der Waals surface area contributed by atoms with E-state index in [1.54, 1.807) is 0 Å². The van der Waals surface area contributed by atoms with Crippen molar-refractivity contribution < 1.29 is 4.79 Å². The van der Waals surface area contributed by atoms with Crippen molar-refractivity contribution in [2.24, 2.45) is 5.92 Å². The third-order valence-electron chi connectivity index (χ3n) is 3.94. The van der Waals surface area contributed by atoms with Crippen LogP contribution in [-0.2, 0) is 10.2 Å². The van der Waals surface area contributed by atoms with Crippen LogP contribution < -0.4 is 10.6 Å². The summed E-state index contributed by atoms with van der Waals surface area (Å²) in [5, 5.41) is 6.33. The zero-order chi connectivity index (χ0) is 13.9. The number of benzene rings is 1. The zero-order valence-corrected chi connectivity index (χ0v) is 12.1. The molecule has 0 radical (unpaired) electrons. The highest BCUT2D eigenvalue weighted by atomic mass is 16.1. The molecule has 0 saturated carbocycles. The molecular weight excluding hydrogens is 236 g/mol. The Morgan fingerprint density at radius 1 is 1.47 bits per heavy atom. The lowest BCUT2D eigenvalue weighted by Gasteiger charge is -2.26. The summed E-state index contributed by atoms with van der Waals surface area (Å²) in [6.07, 6.45) is 0.955. The molecule has 1 saturated heterocycles. The monoisotopic (exact) mass is 260 g/mol. The SMILES string of the molecule is Cc1cccc(C(C)(C)CNC(=O)C2CCNC2)c1. The first-order valence-corrected chi connectivity index (χ1v) is 7.04. The summed E-state index contributed by atoms with van der Waals surface area (Å²) in [5.41, 5.74) is 2.50. The molecule has 0 aromatic heterocycles. The Bertz CT molecular complexity index is 448. The lowest BCUT2D eigenvalue weighted by molar-refractivity contribution is -0.124. The van der Waals surface area contributed by atoms with Crippen molar-refractivity contribution in [3.8, 4) is 0 Å². The maximum absolute atomic E-state index is 12.0. The molecule has 0 aliphatic carbocycles. The van der Waals surface area contributed by atoms with Crippen LogP contribution in [0.4, 0.5) is 0 Å². The molecular formula is C16H24N2O. The van der Waals surface area contributed by atoms with Gasteiger partial charge in [0.25, 0.3) is 0 Å². The highest BCUT2D eigenvalue weighted by Crippen LogP contribution is 2.23. The minimum atomic E-state index is -0.0340. The summed E-state index contributed by atoms with van der Waals surface area (Å²) in [7, 11) is 0. The van der Waals surface area contributed by atoms with Crippen LogP contribution in [0.2, 0.25) is 0 Å². The second-order valence-electron chi connectivity index (χ2n) is 6.16. The van der Waals surface area contributed by atoms with Gasteiger partial charge >= 0.3 is 0 Å². The fraction of sp³-hybridized carbons (Fsp3) is 0.562. The van der Waals surface area contributed by atoms with Gasteiger partial charge in [0, 0.05) is 18.5 Å². The molecule has 104 valence electrons. The molecule has 1 fully saturated rings. The van der Waals surface area contributed by atoms with E-state index in [2.05, 4.69) is 55.7 Å². The second kappa shape index (κ2) is 5.74. The van der Waals surface area contributed by atoms with E-state index in [4.69, 9.17) is 0 Å². The van der Waals surface area contributed by atoms with Gasteiger partial charge in [-0.15, -0.1) is 0 Å². The van der Waals surface area contributed by atoms with Crippen molar-refractivity contribution in [3.05, 3.63) is 35.4 Å². The van der Waals surface area contributed by atoms with Crippen LogP contribution in [0.3, 0.4) is 0 Å². The Morgan fingerprint density at radius 3 is 2.89 bits per heavy atom. The van der Waals surface area contributed by atoms with E-state index in [0.717, 1.165) is 19.5 Å². The predicted molar refractivity (Wildman–Crippen MR) is 78.2 cm³/mol. The highest BCUT2D eigenvalue weighted by molar-refractivity contribution is 5.79. The van der Waals surface area contributed by atoms with Crippen LogP contribution >= 0.6 is 0 Å². The summed E-state index contributed by atoms with van der Waals surface area (Å²) in [6, 6.07) is 8.51. The van der Waals surface area contributed by atoms with Gasteiger partial charge in [0.2, 0.25) is 5.91 Å². The minimum Gasteiger partial charge on any atom is -0.355 e. The normalized spacial score (nSPS) is 19.4. The fourth-order valence-electron chi connectivity index (χ4n) is 2.50. The van der Waals surface area contributed by atoms with E-state index in [9.17, 15) is 4.79 Å². The van der Waals surface area contributed by atoms with Crippen LogP contribution in [0.5, 0.6) is 0 Å². The number of carbonyl (C=O) groups excluding carboxylic acids is 1. The zero-order valence-electron chi connectivity index (χ0n) is 12.1. The molecule has 1 amide bonds. The van der Waals surface area contributed by atoms with Gasteiger partial charge in [-0.05, 0) is 25.5 Å². The maximum Gasteiger partial charge on any atom is 0.224 e. The number of amides is 1. The highest BCUT2D eigenvalue weighted by Gasteiger charge is 2.26. The van der Waals surface area contributed by atoms with E-state index < -0.39 is 0 Å². The molecule has 19 heavy (non-hydrogen) atoms. The molecule has 1 unspecified atom stereocenters. The van der Waals surface area contributed by atoms with Gasteiger partial charge in [-0.3, -0.25) is 4.79 Å². The molecule has 2 rings (SSSR count). The first kappa shape index (κ1) is 14.1. The lowest BCUT2D eigenvalue weighted by Crippen LogP contribution is -2.40. The van der Waals surface area contributed by atoms with E-state index >= 15 is 0 Å². The average molecular weight is 260 g/mol. The van der Waals surface area contributed by atoms with E-state index in [1.165, 1.54) is 11.1 Å². The van der Waals surface area contributed by atoms with Crippen LogP contribution in [0, 0.1) is 12.8 Å². The minimum absolute atomic E-state index is 0.0340. The summed E-state index contributed by atoms with van der Waals surface area (Å²) in [4.78, 5) is 12.0. The Balaban J connectivity index is 1.95. The molecule has 0 spiro atoms. The molecule has 1 aromatic rings. The number of rotatable bonds is 4. The van der Waals surface area contributed by atoms with Gasteiger partial charge in [-0.2, -0.15) is 0 Å². The molecule has 1 heterocycles. The van der Waals surface area contributed by atoms with Gasteiger partial charge in [-0.1, -0.05) is 43.7 Å². The van der Waals surface area contributed by atoms with Gasteiger partial charge in [0.1, 0.15) is 0 Å². The number of nitrogens with one attached hydrogen (secondary N) is 2. The molecule has 1 aromatic carbocycles. The summed E-state index contributed by atoms with van der Waals surface area (Å²) < 4.78 is 0. The van der Waals surface area contributed by atoms with Crippen LogP contribution in [0.25, 0.3) is 0 Å². The molecule has 2 N–H and O–H groups in total. The third-order valence-corrected chi connectivity index (χ3v) is 3.94. The second-order valence-corrected chi connectivity index (χ2v) is 6.16. The third kappa shape index (κ3) is 3.57. The standard InChI is InChI=1S/C16H24N2O/c1-12-5-4-6-14(9-12)16(2,3)11-18-15(19)13-7-8-17-10-13/h4-6,9,13,17H,7-8,10-11H2,1-3H3,(H,18,19). The fourth-order valence-corrected chi connectivity index (χ4v) is 2.50. The number of hydrogen-bond acceptors (Lipinski definition) is 2. The van der Waals surface area contributed by atoms with Crippen LogP contribution in [-0.4, -0.2) is 25.5 Å². The Morgan fingerprint density at radius 2 is 2.26 bits per heavy atom. The van der Waals surface area contributed by atoms with Crippen LogP contribution in [0.1, 0.15) is 31.4 Å². The Hall–Kier alpha value is -1.35. The smallest absolute Gasteiger partial charge is 0.224 e. The van der Waals surface area contributed by atoms with Crippen molar-refractivity contribution >= 4 is 5.91 Å². The summed E-state index contributed by atoms with van der Waals surface area (Å²) >= 11 is 0.